The Balaban J connectivity index is 1.96. The molecule has 142 valence electrons. The molecule has 0 saturated heterocycles. The van der Waals surface area contributed by atoms with Crippen molar-refractivity contribution < 1.29 is 26.3 Å². The van der Waals surface area contributed by atoms with Crippen LogP contribution in [0.25, 0.3) is 22.4 Å². The third kappa shape index (κ3) is 3.98. The van der Waals surface area contributed by atoms with Gasteiger partial charge in [-0.2, -0.15) is 31.6 Å². The third-order valence-corrected chi connectivity index (χ3v) is 4.03. The Morgan fingerprint density at radius 2 is 1.11 bits per heavy atom. The molecule has 0 unspecified atom stereocenters. The largest absolute Gasteiger partial charge is 0.416 e. The van der Waals surface area contributed by atoms with E-state index in [1.54, 1.807) is 0 Å². The maximum Gasteiger partial charge on any atom is 0.416 e. The molecule has 0 bridgehead atoms. The van der Waals surface area contributed by atoms with E-state index < -0.39 is 23.5 Å². The minimum absolute atomic E-state index is 0.0443. The van der Waals surface area contributed by atoms with Crippen molar-refractivity contribution in [1.29, 1.82) is 5.26 Å². The smallest absolute Gasteiger partial charge is 0.236 e. The van der Waals surface area contributed by atoms with Crippen molar-refractivity contribution in [3.8, 4) is 28.5 Å². The highest BCUT2D eigenvalue weighted by Gasteiger charge is 2.31. The molecule has 0 fully saturated rings. The molecule has 0 atom stereocenters. The zero-order valence-electron chi connectivity index (χ0n) is 13.9. The average molecular weight is 392 g/mol. The van der Waals surface area contributed by atoms with E-state index in [0.717, 1.165) is 24.3 Å². The highest BCUT2D eigenvalue weighted by atomic mass is 19.4. The second kappa shape index (κ2) is 7.00. The fourth-order valence-corrected chi connectivity index (χ4v) is 2.61. The lowest BCUT2D eigenvalue weighted by atomic mass is 10.0. The quantitative estimate of drug-likeness (QED) is 0.478. The molecule has 0 saturated carbocycles. The number of aromatic nitrogens is 1. The summed E-state index contributed by atoms with van der Waals surface area (Å²) in [5.41, 5.74) is -0.313. The van der Waals surface area contributed by atoms with E-state index in [-0.39, 0.29) is 11.4 Å². The number of hydrogen-bond acceptors (Lipinski definition) is 2. The molecule has 0 amide bonds. The van der Waals surface area contributed by atoms with Crippen molar-refractivity contribution in [3.63, 3.8) is 0 Å². The molecule has 2 nitrogen and oxygen atoms in total. The molecule has 2 aromatic carbocycles. The van der Waals surface area contributed by atoms with Gasteiger partial charge in [0.15, 0.2) is 0 Å². The molecule has 1 aromatic heterocycles. The highest BCUT2D eigenvalue weighted by Crippen LogP contribution is 2.33. The normalized spacial score (nSPS) is 11.9. The monoisotopic (exact) mass is 392 g/mol. The van der Waals surface area contributed by atoms with E-state index in [9.17, 15) is 31.6 Å². The molecule has 0 aliphatic rings. The van der Waals surface area contributed by atoms with E-state index in [2.05, 4.69) is 4.98 Å². The van der Waals surface area contributed by atoms with Gasteiger partial charge in [-0.3, -0.25) is 0 Å². The topological polar surface area (TPSA) is 36.7 Å². The fourth-order valence-electron chi connectivity index (χ4n) is 2.61. The molecular weight excluding hydrogens is 382 g/mol. The summed E-state index contributed by atoms with van der Waals surface area (Å²) in [6.45, 7) is 0. The number of hydrogen-bond donors (Lipinski definition) is 0. The summed E-state index contributed by atoms with van der Waals surface area (Å²) < 4.78 is 76.0. The van der Waals surface area contributed by atoms with Crippen LogP contribution in [0.2, 0.25) is 0 Å². The summed E-state index contributed by atoms with van der Waals surface area (Å²) in [6.07, 6.45) is -8.93. The molecule has 3 rings (SSSR count). The van der Waals surface area contributed by atoms with Crippen LogP contribution in [0, 0.1) is 11.3 Å². The van der Waals surface area contributed by atoms with E-state index in [4.69, 9.17) is 0 Å². The minimum Gasteiger partial charge on any atom is -0.236 e. The van der Waals surface area contributed by atoms with Crippen molar-refractivity contribution in [3.05, 3.63) is 77.5 Å². The lowest BCUT2D eigenvalue weighted by Crippen LogP contribution is -2.04. The SMILES string of the molecule is N#Cc1nc(-c2ccc(C(F)(F)F)cc2)ccc1-c1ccc(C(F)(F)F)cc1. The van der Waals surface area contributed by atoms with Crippen LogP contribution in [0.5, 0.6) is 0 Å². The zero-order valence-corrected chi connectivity index (χ0v) is 13.9. The number of pyridine rings is 1. The van der Waals surface area contributed by atoms with Crippen LogP contribution < -0.4 is 0 Å². The van der Waals surface area contributed by atoms with E-state index in [1.807, 2.05) is 6.07 Å². The fraction of sp³-hybridized carbons (Fsp3) is 0.100. The van der Waals surface area contributed by atoms with E-state index >= 15 is 0 Å². The van der Waals surface area contributed by atoms with Gasteiger partial charge in [0.2, 0.25) is 0 Å². The summed E-state index contributed by atoms with van der Waals surface area (Å²) in [4.78, 5) is 4.14. The summed E-state index contributed by atoms with van der Waals surface area (Å²) >= 11 is 0. The minimum atomic E-state index is -4.47. The lowest BCUT2D eigenvalue weighted by molar-refractivity contribution is -0.138. The Labute approximate surface area is 155 Å². The number of rotatable bonds is 2. The molecule has 0 aliphatic carbocycles. The average Bonchev–Trinajstić information content (AvgIpc) is 2.66. The second-order valence-electron chi connectivity index (χ2n) is 5.85. The van der Waals surface area contributed by atoms with E-state index in [1.165, 1.54) is 36.4 Å². The maximum atomic E-state index is 12.7. The first-order valence-electron chi connectivity index (χ1n) is 7.86. The molecule has 0 N–H and O–H groups in total. The van der Waals surface area contributed by atoms with Crippen LogP contribution in [0.3, 0.4) is 0 Å². The van der Waals surface area contributed by atoms with Crippen LogP contribution in [0.1, 0.15) is 16.8 Å². The van der Waals surface area contributed by atoms with Gasteiger partial charge in [0.25, 0.3) is 0 Å². The van der Waals surface area contributed by atoms with Crippen molar-refractivity contribution in [2.45, 2.75) is 12.4 Å². The molecule has 8 heteroatoms. The number of alkyl halides is 6. The molecule has 0 spiro atoms. The van der Waals surface area contributed by atoms with Crippen molar-refractivity contribution in [2.75, 3.05) is 0 Å². The van der Waals surface area contributed by atoms with Gasteiger partial charge in [0, 0.05) is 11.1 Å². The predicted octanol–water partition coefficient (Wildman–Crippen LogP) is 6.32. The third-order valence-electron chi connectivity index (χ3n) is 4.03. The van der Waals surface area contributed by atoms with Crippen molar-refractivity contribution in [1.82, 2.24) is 4.98 Å². The first-order valence-corrected chi connectivity index (χ1v) is 7.86. The summed E-state index contributed by atoms with van der Waals surface area (Å²) in [7, 11) is 0. The zero-order chi connectivity index (χ0) is 20.5. The molecule has 3 aromatic rings. The Bertz CT molecular complexity index is 1030. The van der Waals surface area contributed by atoms with Crippen molar-refractivity contribution >= 4 is 0 Å². The van der Waals surface area contributed by atoms with Gasteiger partial charge in [0.1, 0.15) is 11.8 Å². The van der Waals surface area contributed by atoms with Gasteiger partial charge >= 0.3 is 12.4 Å². The molecule has 28 heavy (non-hydrogen) atoms. The van der Waals surface area contributed by atoms with Gasteiger partial charge < -0.3 is 0 Å². The Morgan fingerprint density at radius 1 is 0.643 bits per heavy atom. The number of benzene rings is 2. The summed E-state index contributed by atoms with van der Waals surface area (Å²) in [5.74, 6) is 0. The van der Waals surface area contributed by atoms with Gasteiger partial charge in [-0.1, -0.05) is 24.3 Å². The molecule has 1 heterocycles. The van der Waals surface area contributed by atoms with Crippen LogP contribution in [-0.4, -0.2) is 4.98 Å². The number of nitrogens with zero attached hydrogens (tertiary/aromatic N) is 2. The Kier molecular flexibility index (Phi) is 4.86. The van der Waals surface area contributed by atoms with Crippen molar-refractivity contribution in [2.24, 2.45) is 0 Å². The van der Waals surface area contributed by atoms with Gasteiger partial charge in [0.05, 0.1) is 16.8 Å². The standard InChI is InChI=1S/C20H10F6N2/c21-19(22,23)14-5-1-12(2-6-14)16-9-10-17(28-18(16)11-27)13-3-7-15(8-4-13)20(24,25)26/h1-10H. The highest BCUT2D eigenvalue weighted by molar-refractivity contribution is 5.72. The molecule has 0 radical (unpaired) electrons. The first kappa shape index (κ1) is 19.4. The van der Waals surface area contributed by atoms with Crippen LogP contribution in [0.4, 0.5) is 26.3 Å². The first-order chi connectivity index (χ1) is 13.1. The number of nitriles is 1. The second-order valence-corrected chi connectivity index (χ2v) is 5.85. The van der Waals surface area contributed by atoms with E-state index in [0.29, 0.717) is 16.7 Å². The lowest BCUT2D eigenvalue weighted by Gasteiger charge is -2.10. The summed E-state index contributed by atoms with van der Waals surface area (Å²) in [6, 6.07) is 13.4. The molecule has 0 aliphatic heterocycles. The van der Waals surface area contributed by atoms with Crippen LogP contribution >= 0.6 is 0 Å². The van der Waals surface area contributed by atoms with Crippen LogP contribution in [-0.2, 0) is 12.4 Å². The van der Waals surface area contributed by atoms with Gasteiger partial charge in [-0.05, 0) is 42.0 Å². The number of halogens is 6. The molecular formula is C20H10F6N2. The van der Waals surface area contributed by atoms with Gasteiger partial charge in [-0.25, -0.2) is 4.98 Å². The van der Waals surface area contributed by atoms with Gasteiger partial charge in [-0.15, -0.1) is 0 Å². The maximum absolute atomic E-state index is 12.7. The summed E-state index contributed by atoms with van der Waals surface area (Å²) in [5, 5.41) is 9.34. The Hall–Kier alpha value is -3.34. The van der Waals surface area contributed by atoms with Crippen LogP contribution in [0.15, 0.2) is 60.7 Å². The predicted molar refractivity (Wildman–Crippen MR) is 89.8 cm³/mol. The Morgan fingerprint density at radius 3 is 1.54 bits per heavy atom.